The summed E-state index contributed by atoms with van der Waals surface area (Å²) in [5.74, 6) is 0.749. The van der Waals surface area contributed by atoms with E-state index in [0.29, 0.717) is 37.6 Å². The number of hydrogen-bond acceptors (Lipinski definition) is 6. The van der Waals surface area contributed by atoms with E-state index in [1.54, 1.807) is 7.11 Å². The Morgan fingerprint density at radius 3 is 3.11 bits per heavy atom. The fourth-order valence-corrected chi connectivity index (χ4v) is 4.24. The fourth-order valence-electron chi connectivity index (χ4n) is 2.30. The fraction of sp³-hybridized carbons (Fsp3) is 0.750. The van der Waals surface area contributed by atoms with Gasteiger partial charge in [-0.15, -0.1) is 0 Å². The first-order valence-corrected chi connectivity index (χ1v) is 8.20. The van der Waals surface area contributed by atoms with Gasteiger partial charge in [-0.2, -0.15) is 0 Å². The lowest BCUT2D eigenvalue weighted by Gasteiger charge is -2.20. The maximum Gasteiger partial charge on any atom is 0.181 e. The van der Waals surface area contributed by atoms with E-state index in [2.05, 4.69) is 10.3 Å². The van der Waals surface area contributed by atoms with Crippen LogP contribution in [0.2, 0.25) is 0 Å². The van der Waals surface area contributed by atoms with E-state index in [-0.39, 0.29) is 5.75 Å². The van der Waals surface area contributed by atoms with Crippen molar-refractivity contribution in [1.29, 1.82) is 0 Å². The molecule has 0 aliphatic carbocycles. The zero-order valence-corrected chi connectivity index (χ0v) is 11.9. The van der Waals surface area contributed by atoms with E-state index in [9.17, 15) is 8.42 Å². The average molecular weight is 288 g/mol. The minimum Gasteiger partial charge on any atom is -0.447 e. The Labute approximate surface area is 113 Å². The molecular formula is C12H20N2O4S. The summed E-state index contributed by atoms with van der Waals surface area (Å²) in [5, 5.41) is 2.63. The first-order chi connectivity index (χ1) is 9.15. The molecule has 6 nitrogen and oxygen atoms in total. The van der Waals surface area contributed by atoms with Crippen molar-refractivity contribution in [2.75, 3.05) is 26.0 Å². The molecule has 7 heteroatoms. The molecule has 2 rings (SSSR count). The van der Waals surface area contributed by atoms with Crippen LogP contribution in [0.1, 0.15) is 36.0 Å². The van der Waals surface area contributed by atoms with Gasteiger partial charge in [0.25, 0.3) is 0 Å². The van der Waals surface area contributed by atoms with Crippen LogP contribution in [0.5, 0.6) is 0 Å². The van der Waals surface area contributed by atoms with Gasteiger partial charge in [-0.25, -0.2) is 13.4 Å². The molecule has 1 N–H and O–H groups in total. The maximum atomic E-state index is 12.1. The van der Waals surface area contributed by atoms with Crippen molar-refractivity contribution in [3.05, 3.63) is 17.8 Å². The van der Waals surface area contributed by atoms with Gasteiger partial charge in [-0.1, -0.05) is 6.42 Å². The normalized spacial score (nSPS) is 22.5. The van der Waals surface area contributed by atoms with Crippen LogP contribution in [0.15, 0.2) is 10.8 Å². The van der Waals surface area contributed by atoms with Crippen LogP contribution in [-0.2, 0) is 21.1 Å². The number of oxazole rings is 1. The van der Waals surface area contributed by atoms with Crippen LogP contribution in [0.3, 0.4) is 0 Å². The van der Waals surface area contributed by atoms with Gasteiger partial charge in [-0.3, -0.25) is 0 Å². The Balaban J connectivity index is 2.06. The van der Waals surface area contributed by atoms with Crippen LogP contribution >= 0.6 is 0 Å². The van der Waals surface area contributed by atoms with Crippen molar-refractivity contribution in [3.63, 3.8) is 0 Å². The van der Waals surface area contributed by atoms with Gasteiger partial charge in [0, 0.05) is 20.2 Å². The van der Waals surface area contributed by atoms with Crippen molar-refractivity contribution < 1.29 is 17.6 Å². The molecule has 1 aromatic rings. The lowest BCUT2D eigenvalue weighted by Crippen LogP contribution is -2.24. The van der Waals surface area contributed by atoms with Crippen LogP contribution in [-0.4, -0.2) is 39.4 Å². The quantitative estimate of drug-likeness (QED) is 0.788. The zero-order chi connectivity index (χ0) is 13.7. The Hall–Kier alpha value is -0.920. The molecule has 1 aliphatic heterocycles. The molecule has 0 saturated carbocycles. The maximum absolute atomic E-state index is 12.1. The lowest BCUT2D eigenvalue weighted by atomic mass is 10.1. The Morgan fingerprint density at radius 1 is 1.53 bits per heavy atom. The van der Waals surface area contributed by atoms with Gasteiger partial charge in [0.05, 0.1) is 18.1 Å². The highest BCUT2D eigenvalue weighted by Gasteiger charge is 2.34. The first-order valence-electron chi connectivity index (χ1n) is 6.48. The van der Waals surface area contributed by atoms with Crippen LogP contribution < -0.4 is 5.32 Å². The van der Waals surface area contributed by atoms with Crippen LogP contribution in [0.25, 0.3) is 0 Å². The minimum absolute atomic E-state index is 0.245. The largest absolute Gasteiger partial charge is 0.447 e. The van der Waals surface area contributed by atoms with Gasteiger partial charge in [0.1, 0.15) is 11.0 Å². The second-order valence-corrected chi connectivity index (χ2v) is 6.99. The lowest BCUT2D eigenvalue weighted by molar-refractivity contribution is 0.199. The predicted octanol–water partition coefficient (Wildman–Crippen LogP) is 1.05. The molecule has 1 aromatic heterocycles. The second-order valence-electron chi connectivity index (χ2n) is 4.68. The summed E-state index contributed by atoms with van der Waals surface area (Å²) in [6.07, 6.45) is 3.62. The molecular weight excluding hydrogens is 268 g/mol. The van der Waals surface area contributed by atoms with E-state index in [0.717, 1.165) is 12.8 Å². The van der Waals surface area contributed by atoms with Gasteiger partial charge < -0.3 is 14.5 Å². The average Bonchev–Trinajstić information content (AvgIpc) is 2.82. The highest BCUT2D eigenvalue weighted by molar-refractivity contribution is 7.91. The van der Waals surface area contributed by atoms with Crippen LogP contribution in [0, 0.1) is 0 Å². The summed E-state index contributed by atoms with van der Waals surface area (Å²) < 4.78 is 34.4. The topological polar surface area (TPSA) is 81.4 Å². The van der Waals surface area contributed by atoms with E-state index in [1.807, 2.05) is 0 Å². The molecule has 0 spiro atoms. The minimum atomic E-state index is -3.09. The monoisotopic (exact) mass is 288 g/mol. The van der Waals surface area contributed by atoms with Crippen LogP contribution in [0.4, 0.5) is 0 Å². The number of nitrogens with one attached hydrogen (secondary N) is 1. The molecule has 0 aromatic carbocycles. The van der Waals surface area contributed by atoms with Gasteiger partial charge >= 0.3 is 0 Å². The highest BCUT2D eigenvalue weighted by Crippen LogP contribution is 2.34. The SMILES string of the molecule is COCCNCc1ncoc1C1CCCCS1(=O)=O. The summed E-state index contributed by atoms with van der Waals surface area (Å²) in [4.78, 5) is 4.12. The molecule has 1 aliphatic rings. The summed E-state index contributed by atoms with van der Waals surface area (Å²) in [6.45, 7) is 1.80. The molecule has 108 valence electrons. The number of ether oxygens (including phenoxy) is 1. The van der Waals surface area contributed by atoms with Crippen molar-refractivity contribution >= 4 is 9.84 Å². The van der Waals surface area contributed by atoms with E-state index >= 15 is 0 Å². The number of nitrogens with zero attached hydrogens (tertiary/aromatic N) is 1. The van der Waals surface area contributed by atoms with Crippen molar-refractivity contribution in [2.24, 2.45) is 0 Å². The van der Waals surface area contributed by atoms with Gasteiger partial charge in [-0.05, 0) is 12.8 Å². The summed E-state index contributed by atoms with van der Waals surface area (Å²) in [7, 11) is -1.45. The summed E-state index contributed by atoms with van der Waals surface area (Å²) in [6, 6.07) is 0. The zero-order valence-electron chi connectivity index (χ0n) is 11.1. The van der Waals surface area contributed by atoms with Gasteiger partial charge in [0.15, 0.2) is 16.2 Å². The van der Waals surface area contributed by atoms with E-state index < -0.39 is 15.1 Å². The summed E-state index contributed by atoms with van der Waals surface area (Å²) >= 11 is 0. The molecule has 1 saturated heterocycles. The van der Waals surface area contributed by atoms with Gasteiger partial charge in [0.2, 0.25) is 0 Å². The third-order valence-corrected chi connectivity index (χ3v) is 5.49. The Bertz CT molecular complexity index is 498. The predicted molar refractivity (Wildman–Crippen MR) is 70.5 cm³/mol. The molecule has 2 heterocycles. The standard InChI is InChI=1S/C12H20N2O4S/c1-17-6-5-13-8-10-12(18-9-14-10)11-4-2-3-7-19(11,15)16/h9,11,13H,2-8H2,1H3. The van der Waals surface area contributed by atoms with E-state index in [4.69, 9.17) is 9.15 Å². The molecule has 19 heavy (non-hydrogen) atoms. The molecule has 1 unspecified atom stereocenters. The van der Waals surface area contributed by atoms with Crippen molar-refractivity contribution in [1.82, 2.24) is 10.3 Å². The number of sulfone groups is 1. The third kappa shape index (κ3) is 3.55. The number of aromatic nitrogens is 1. The number of rotatable bonds is 6. The van der Waals surface area contributed by atoms with E-state index in [1.165, 1.54) is 6.39 Å². The third-order valence-electron chi connectivity index (χ3n) is 3.32. The van der Waals surface area contributed by atoms with Crippen molar-refractivity contribution in [2.45, 2.75) is 31.1 Å². The number of methoxy groups -OCH3 is 1. The summed E-state index contributed by atoms with van der Waals surface area (Å²) in [5.41, 5.74) is 0.687. The smallest absolute Gasteiger partial charge is 0.181 e. The molecule has 1 atom stereocenters. The molecule has 0 amide bonds. The van der Waals surface area contributed by atoms with Crippen molar-refractivity contribution in [3.8, 4) is 0 Å². The highest BCUT2D eigenvalue weighted by atomic mass is 32.2. The second kappa shape index (κ2) is 6.49. The molecule has 1 fully saturated rings. The first kappa shape index (κ1) is 14.5. The Morgan fingerprint density at radius 2 is 2.37 bits per heavy atom. The molecule has 0 radical (unpaired) electrons. The number of hydrogen-bond donors (Lipinski definition) is 1. The Kier molecular flexibility index (Phi) is 4.95. The molecule has 0 bridgehead atoms.